The Hall–Kier alpha value is -3.36. The lowest BCUT2D eigenvalue weighted by atomic mass is 10.0. The van der Waals surface area contributed by atoms with Crippen molar-refractivity contribution < 1.29 is 5.11 Å². The first-order valence-corrected chi connectivity index (χ1v) is 11.8. The molecule has 8 nitrogen and oxygen atoms in total. The fourth-order valence-corrected chi connectivity index (χ4v) is 4.55. The summed E-state index contributed by atoms with van der Waals surface area (Å²) in [6, 6.07) is 14.7. The molecule has 1 aliphatic rings. The van der Waals surface area contributed by atoms with Gasteiger partial charge in [-0.3, -0.25) is 9.67 Å². The largest absolute Gasteiger partial charge is 0.386 e. The zero-order chi connectivity index (χ0) is 23.7. The maximum Gasteiger partial charge on any atom is 0.159 e. The van der Waals surface area contributed by atoms with E-state index in [-0.39, 0.29) is 0 Å². The van der Waals surface area contributed by atoms with Gasteiger partial charge in [-0.1, -0.05) is 30.3 Å². The smallest absolute Gasteiger partial charge is 0.159 e. The van der Waals surface area contributed by atoms with Gasteiger partial charge in [0.2, 0.25) is 0 Å². The van der Waals surface area contributed by atoms with Crippen LogP contribution in [0.25, 0.3) is 22.2 Å². The number of hydrogen-bond donors (Lipinski definition) is 2. The second kappa shape index (κ2) is 9.12. The van der Waals surface area contributed by atoms with Crippen molar-refractivity contribution in [2.24, 2.45) is 7.05 Å². The van der Waals surface area contributed by atoms with E-state index in [2.05, 4.69) is 48.7 Å². The Morgan fingerprint density at radius 1 is 1.03 bits per heavy atom. The highest BCUT2D eigenvalue weighted by atomic mass is 16.3. The Labute approximate surface area is 199 Å². The lowest BCUT2D eigenvalue weighted by Crippen LogP contribution is -2.42. The number of piperidine rings is 1. The molecule has 5 rings (SSSR count). The molecule has 0 aliphatic carbocycles. The van der Waals surface area contributed by atoms with E-state index < -0.39 is 5.60 Å². The molecule has 1 aromatic carbocycles. The zero-order valence-electron chi connectivity index (χ0n) is 19.9. The summed E-state index contributed by atoms with van der Waals surface area (Å²) in [5.41, 5.74) is 2.76. The number of nitrogens with zero attached hydrogens (tertiary/aromatic N) is 6. The van der Waals surface area contributed by atoms with E-state index in [4.69, 9.17) is 0 Å². The van der Waals surface area contributed by atoms with Crippen LogP contribution in [-0.4, -0.2) is 49.2 Å². The van der Waals surface area contributed by atoms with E-state index in [1.807, 2.05) is 36.0 Å². The van der Waals surface area contributed by atoms with Gasteiger partial charge in [-0.05, 0) is 38.8 Å². The quantitative estimate of drug-likeness (QED) is 0.458. The number of aryl methyl sites for hydroxylation is 1. The topological polar surface area (TPSA) is 92.0 Å². The van der Waals surface area contributed by atoms with Crippen LogP contribution in [0.1, 0.15) is 37.9 Å². The number of rotatable bonds is 6. The van der Waals surface area contributed by atoms with Crippen molar-refractivity contribution in [3.8, 4) is 11.4 Å². The minimum absolute atomic E-state index is 0.431. The fraction of sp³-hybridized carbons (Fsp3) is 0.385. The molecule has 1 fully saturated rings. The average molecular weight is 458 g/mol. The minimum atomic E-state index is -0.866. The molecule has 1 aliphatic heterocycles. The molecule has 176 valence electrons. The van der Waals surface area contributed by atoms with Crippen molar-refractivity contribution in [2.45, 2.75) is 44.9 Å². The van der Waals surface area contributed by atoms with E-state index in [9.17, 15) is 5.11 Å². The van der Waals surface area contributed by atoms with Crippen LogP contribution < -0.4 is 10.2 Å². The van der Waals surface area contributed by atoms with Gasteiger partial charge in [-0.25, -0.2) is 0 Å². The van der Waals surface area contributed by atoms with E-state index in [0.717, 1.165) is 71.7 Å². The van der Waals surface area contributed by atoms with Crippen LogP contribution in [-0.2, 0) is 19.2 Å². The summed E-state index contributed by atoms with van der Waals surface area (Å²) >= 11 is 0. The fourth-order valence-electron chi connectivity index (χ4n) is 4.55. The van der Waals surface area contributed by atoms with Crippen molar-refractivity contribution in [1.82, 2.24) is 30.3 Å². The van der Waals surface area contributed by atoms with Gasteiger partial charge in [-0.2, -0.15) is 5.10 Å². The molecule has 0 spiro atoms. The van der Waals surface area contributed by atoms with E-state index in [1.165, 1.54) is 0 Å². The molecule has 0 atom stereocenters. The van der Waals surface area contributed by atoms with E-state index >= 15 is 0 Å². The molecule has 8 heteroatoms. The summed E-state index contributed by atoms with van der Waals surface area (Å²) in [7, 11) is 1.93. The highest BCUT2D eigenvalue weighted by Crippen LogP contribution is 2.32. The highest BCUT2D eigenvalue weighted by Gasteiger charge is 2.23. The first-order valence-electron chi connectivity index (χ1n) is 11.8. The van der Waals surface area contributed by atoms with Crippen molar-refractivity contribution in [1.29, 1.82) is 0 Å². The maximum absolute atomic E-state index is 10.1. The Morgan fingerprint density at radius 2 is 1.79 bits per heavy atom. The van der Waals surface area contributed by atoms with Gasteiger partial charge in [0, 0.05) is 61.5 Å². The van der Waals surface area contributed by atoms with Crippen molar-refractivity contribution in [2.75, 3.05) is 18.0 Å². The molecule has 2 N–H and O–H groups in total. The third-order valence-electron chi connectivity index (χ3n) is 6.63. The van der Waals surface area contributed by atoms with Crippen molar-refractivity contribution in [3.05, 3.63) is 66.1 Å². The molecule has 3 aromatic heterocycles. The van der Waals surface area contributed by atoms with Crippen LogP contribution in [0.2, 0.25) is 0 Å². The van der Waals surface area contributed by atoms with Gasteiger partial charge in [-0.15, -0.1) is 10.2 Å². The molecule has 0 bridgehead atoms. The van der Waals surface area contributed by atoms with Crippen LogP contribution >= 0.6 is 0 Å². The number of hydrogen-bond acceptors (Lipinski definition) is 7. The normalized spacial score (nSPS) is 15.2. The molecular formula is C26H31N7O. The van der Waals surface area contributed by atoms with Gasteiger partial charge < -0.3 is 15.3 Å². The third-order valence-corrected chi connectivity index (χ3v) is 6.63. The van der Waals surface area contributed by atoms with E-state index in [1.54, 1.807) is 26.2 Å². The number of pyridine rings is 1. The second-order valence-electron chi connectivity index (χ2n) is 9.50. The number of benzene rings is 1. The number of fused-ring (bicyclic) bond motifs is 1. The van der Waals surface area contributed by atoms with Gasteiger partial charge in [0.25, 0.3) is 0 Å². The van der Waals surface area contributed by atoms with Gasteiger partial charge >= 0.3 is 0 Å². The minimum Gasteiger partial charge on any atom is -0.386 e. The van der Waals surface area contributed by atoms with Crippen molar-refractivity contribution >= 4 is 16.6 Å². The molecule has 4 heterocycles. The lowest BCUT2D eigenvalue weighted by molar-refractivity contribution is 0.0782. The lowest BCUT2D eigenvalue weighted by Gasteiger charge is -2.33. The molecule has 0 radical (unpaired) electrons. The predicted molar refractivity (Wildman–Crippen MR) is 133 cm³/mol. The van der Waals surface area contributed by atoms with Crippen LogP contribution in [0.15, 0.2) is 54.9 Å². The standard InChI is InChI=1S/C26H31N7O/c1-26(2,34)18-8-9-20(27-16-18)17-28-19-11-14-33(15-12-19)25-22-7-5-4-6-21(22)24(30-31-25)23-10-13-29-32(23)3/h4-10,13,16,19,28,34H,11-12,14-15,17H2,1-3H3. The van der Waals surface area contributed by atoms with Gasteiger partial charge in [0.15, 0.2) is 5.82 Å². The number of anilines is 1. The molecule has 1 saturated heterocycles. The van der Waals surface area contributed by atoms with Gasteiger partial charge in [0.05, 0.1) is 17.0 Å². The Bertz CT molecular complexity index is 1270. The third kappa shape index (κ3) is 4.51. The van der Waals surface area contributed by atoms with Crippen LogP contribution in [0.4, 0.5) is 5.82 Å². The summed E-state index contributed by atoms with van der Waals surface area (Å²) in [6.07, 6.45) is 5.61. The monoisotopic (exact) mass is 457 g/mol. The average Bonchev–Trinajstić information content (AvgIpc) is 3.27. The van der Waals surface area contributed by atoms with Crippen LogP contribution in [0.5, 0.6) is 0 Å². The maximum atomic E-state index is 10.1. The number of aromatic nitrogens is 5. The first-order chi connectivity index (χ1) is 16.4. The van der Waals surface area contributed by atoms with Crippen molar-refractivity contribution in [3.63, 3.8) is 0 Å². The molecule has 4 aromatic rings. The van der Waals surface area contributed by atoms with Gasteiger partial charge in [0.1, 0.15) is 5.69 Å². The predicted octanol–water partition coefficient (Wildman–Crippen LogP) is 3.41. The molecule has 0 unspecified atom stereocenters. The number of aliphatic hydroxyl groups is 1. The number of nitrogens with one attached hydrogen (secondary N) is 1. The summed E-state index contributed by atoms with van der Waals surface area (Å²) in [4.78, 5) is 6.85. The zero-order valence-corrected chi connectivity index (χ0v) is 19.9. The first kappa shape index (κ1) is 22.4. The van der Waals surface area contributed by atoms with Crippen LogP contribution in [0, 0.1) is 0 Å². The molecule has 34 heavy (non-hydrogen) atoms. The second-order valence-corrected chi connectivity index (χ2v) is 9.50. The summed E-state index contributed by atoms with van der Waals surface area (Å²) < 4.78 is 1.83. The molecule has 0 saturated carbocycles. The Morgan fingerprint density at radius 3 is 2.44 bits per heavy atom. The summed E-state index contributed by atoms with van der Waals surface area (Å²) in [6.45, 7) is 6.11. The Kier molecular flexibility index (Phi) is 6.02. The van der Waals surface area contributed by atoms with E-state index in [0.29, 0.717) is 6.04 Å². The molecular weight excluding hydrogens is 426 g/mol. The highest BCUT2D eigenvalue weighted by molar-refractivity contribution is 5.99. The molecule has 0 amide bonds. The SMILES string of the molecule is Cn1nccc1-c1nnc(N2CCC(NCc3ccc(C(C)(C)O)cn3)CC2)c2ccccc12. The summed E-state index contributed by atoms with van der Waals surface area (Å²) in [5.74, 6) is 0.948. The summed E-state index contributed by atoms with van der Waals surface area (Å²) in [5, 5.41) is 29.5. The Balaban J connectivity index is 1.25. The van der Waals surface area contributed by atoms with Crippen LogP contribution in [0.3, 0.4) is 0 Å².